The molecule has 0 spiro atoms. The minimum Gasteiger partial charge on any atom is -0.297 e. The van der Waals surface area contributed by atoms with E-state index in [0.29, 0.717) is 6.08 Å². The molecule has 0 aromatic carbocycles. The third-order valence-electron chi connectivity index (χ3n) is 3.33. The summed E-state index contributed by atoms with van der Waals surface area (Å²) in [6, 6.07) is 1.83. The van der Waals surface area contributed by atoms with Gasteiger partial charge in [-0.3, -0.25) is 14.5 Å². The first-order valence-electron chi connectivity index (χ1n) is 7.30. The number of rotatable bonds is 6. The molecule has 1 unspecified atom stereocenters. The van der Waals surface area contributed by atoms with Crippen molar-refractivity contribution in [2.24, 2.45) is 16.3 Å². The van der Waals surface area contributed by atoms with Crippen molar-refractivity contribution in [3.8, 4) is 6.07 Å². The quantitative estimate of drug-likeness (QED) is 0.201. The van der Waals surface area contributed by atoms with E-state index in [1.165, 1.54) is 12.9 Å². The third-order valence-corrected chi connectivity index (χ3v) is 4.51. The minimum atomic E-state index is -1.16. The van der Waals surface area contributed by atoms with E-state index in [9.17, 15) is 24.4 Å². The summed E-state index contributed by atoms with van der Waals surface area (Å²) in [4.78, 5) is 53.9. The Balaban J connectivity index is 3.45. The van der Waals surface area contributed by atoms with Crippen LogP contribution in [0.2, 0.25) is 0 Å². The van der Waals surface area contributed by atoms with Crippen molar-refractivity contribution in [3.05, 3.63) is 22.1 Å². The Hall–Kier alpha value is -2.92. The van der Waals surface area contributed by atoms with Crippen LogP contribution < -0.4 is 0 Å². The summed E-state index contributed by atoms with van der Waals surface area (Å²) in [5.74, 6) is -2.03. The van der Waals surface area contributed by atoms with Gasteiger partial charge in [-0.2, -0.15) is 10.5 Å². The Bertz CT molecular complexity index is 863. The Morgan fingerprint density at radius 3 is 2.42 bits per heavy atom. The molecule has 0 radical (unpaired) electrons. The van der Waals surface area contributed by atoms with Gasteiger partial charge in [0, 0.05) is 11.6 Å². The second-order valence-corrected chi connectivity index (χ2v) is 7.24. The predicted octanol–water partition coefficient (Wildman–Crippen LogP) is 2.71. The lowest BCUT2D eigenvalue weighted by Gasteiger charge is -2.17. The van der Waals surface area contributed by atoms with E-state index in [1.807, 2.05) is 6.07 Å². The molecule has 26 heavy (non-hydrogen) atoms. The average molecular weight is 376 g/mol. The fourth-order valence-electron chi connectivity index (χ4n) is 2.01. The highest BCUT2D eigenvalue weighted by atomic mass is 32.1. The molecule has 8 nitrogen and oxygen atoms in total. The third kappa shape index (κ3) is 4.58. The number of nitrogens with zero attached hydrogens (tertiary/aromatic N) is 2. The van der Waals surface area contributed by atoms with Crippen LogP contribution in [0.4, 0.5) is 5.00 Å². The van der Waals surface area contributed by atoms with Gasteiger partial charge in [-0.05, 0) is 12.5 Å². The summed E-state index contributed by atoms with van der Waals surface area (Å²) in [5.41, 5.74) is -0.703. The number of Topliss-reactive ketones (excluding diaryl/α,β-unsaturated/α-hetero) is 1. The van der Waals surface area contributed by atoms with Crippen LogP contribution in [-0.2, 0) is 14.5 Å². The molecule has 0 bridgehead atoms. The summed E-state index contributed by atoms with van der Waals surface area (Å²) in [5, 5.41) is 17.7. The lowest BCUT2D eigenvalue weighted by atomic mass is 9.84. The van der Waals surface area contributed by atoms with Gasteiger partial charge in [0.25, 0.3) is 0 Å². The molecule has 0 aliphatic rings. The molecule has 136 valence electrons. The summed E-state index contributed by atoms with van der Waals surface area (Å²) < 4.78 is 0. The van der Waals surface area contributed by atoms with Crippen LogP contribution in [-0.4, -0.2) is 34.9 Å². The lowest BCUT2D eigenvalue weighted by molar-refractivity contribution is -0.182. The first kappa shape index (κ1) is 21.1. The molecule has 1 rings (SSSR count). The van der Waals surface area contributed by atoms with Crippen molar-refractivity contribution in [2.45, 2.75) is 27.7 Å². The SMILES string of the molecule is Cc1c(C(=O)OO)sc(N=CC(C#N)C(=O)C(C)(C)C)c1C(=O)C=C=O. The van der Waals surface area contributed by atoms with Crippen LogP contribution >= 0.6 is 11.3 Å². The molecule has 0 aliphatic heterocycles. The van der Waals surface area contributed by atoms with Crippen LogP contribution in [0.15, 0.2) is 11.1 Å². The summed E-state index contributed by atoms with van der Waals surface area (Å²) in [6.45, 7) is 6.38. The molecule has 1 aromatic heterocycles. The number of nitriles is 1. The van der Waals surface area contributed by atoms with E-state index in [4.69, 9.17) is 5.26 Å². The molecule has 9 heteroatoms. The number of aliphatic imine (C=N–C) groups is 1. The van der Waals surface area contributed by atoms with E-state index in [0.717, 1.165) is 17.6 Å². The Labute approximate surface area is 153 Å². The largest absolute Gasteiger partial charge is 0.383 e. The highest BCUT2D eigenvalue weighted by Gasteiger charge is 2.29. The molecule has 1 atom stereocenters. The van der Waals surface area contributed by atoms with Crippen molar-refractivity contribution in [1.82, 2.24) is 0 Å². The van der Waals surface area contributed by atoms with Gasteiger partial charge in [0.1, 0.15) is 21.7 Å². The maximum absolute atomic E-state index is 12.2. The fraction of sp³-hybridized carbons (Fsp3) is 0.353. The Kier molecular flexibility index (Phi) is 6.86. The number of ketones is 2. The van der Waals surface area contributed by atoms with E-state index < -0.39 is 23.1 Å². The van der Waals surface area contributed by atoms with Gasteiger partial charge in [-0.25, -0.2) is 14.6 Å². The van der Waals surface area contributed by atoms with Crippen LogP contribution in [0.5, 0.6) is 0 Å². The molecule has 1 aromatic rings. The smallest absolute Gasteiger partial charge is 0.297 e. The highest BCUT2D eigenvalue weighted by Crippen LogP contribution is 2.36. The van der Waals surface area contributed by atoms with Crippen LogP contribution in [0, 0.1) is 29.6 Å². The van der Waals surface area contributed by atoms with Gasteiger partial charge in [-0.1, -0.05) is 20.8 Å². The number of thiophene rings is 1. The molecule has 0 aliphatic carbocycles. The molecule has 1 N–H and O–H groups in total. The molecular weight excluding hydrogens is 360 g/mol. The summed E-state index contributed by atoms with van der Waals surface area (Å²) >= 11 is 0.721. The number of carbonyl (C=O) groups excluding carboxylic acids is 4. The molecule has 0 saturated heterocycles. The number of hydrogen-bond acceptors (Lipinski definition) is 9. The van der Waals surface area contributed by atoms with Gasteiger partial charge in [0.2, 0.25) is 0 Å². The Morgan fingerprint density at radius 1 is 1.35 bits per heavy atom. The van der Waals surface area contributed by atoms with Crippen molar-refractivity contribution in [1.29, 1.82) is 5.26 Å². The molecule has 0 fully saturated rings. The van der Waals surface area contributed by atoms with Crippen molar-refractivity contribution in [2.75, 3.05) is 0 Å². The maximum Gasteiger partial charge on any atom is 0.383 e. The van der Waals surface area contributed by atoms with E-state index >= 15 is 0 Å². The van der Waals surface area contributed by atoms with E-state index in [-0.39, 0.29) is 26.8 Å². The van der Waals surface area contributed by atoms with E-state index in [1.54, 1.807) is 20.8 Å². The topological polar surface area (TPSA) is 134 Å². The van der Waals surface area contributed by atoms with Crippen molar-refractivity contribution < 1.29 is 29.3 Å². The lowest BCUT2D eigenvalue weighted by Crippen LogP contribution is -2.28. The van der Waals surface area contributed by atoms with Crippen LogP contribution in [0.25, 0.3) is 0 Å². The highest BCUT2D eigenvalue weighted by molar-refractivity contribution is 7.18. The zero-order valence-corrected chi connectivity index (χ0v) is 15.3. The van der Waals surface area contributed by atoms with Gasteiger partial charge in [0.15, 0.2) is 11.6 Å². The van der Waals surface area contributed by atoms with Gasteiger partial charge >= 0.3 is 5.97 Å². The second-order valence-electron chi connectivity index (χ2n) is 6.24. The van der Waals surface area contributed by atoms with Crippen molar-refractivity contribution >= 4 is 46.0 Å². The standard InChI is InChI=1S/C17H16N2O6S/c1-9-12(11(21)5-6-20)15(26-13(9)16(23)25-24)19-8-10(7-18)14(22)17(2,3)4/h5,8,10,24H,1-4H3. The first-order chi connectivity index (χ1) is 12.1. The van der Waals surface area contributed by atoms with Crippen LogP contribution in [0.1, 0.15) is 46.4 Å². The number of allylic oxidation sites excluding steroid dienone is 1. The second kappa shape index (κ2) is 8.45. The summed E-state index contributed by atoms with van der Waals surface area (Å²) in [7, 11) is 0. The number of hydrogen-bond donors (Lipinski definition) is 1. The van der Waals surface area contributed by atoms with Gasteiger partial charge in [0.05, 0.1) is 17.7 Å². The summed E-state index contributed by atoms with van der Waals surface area (Å²) in [6.07, 6.45) is 1.71. The van der Waals surface area contributed by atoms with Crippen LogP contribution in [0.3, 0.4) is 0 Å². The zero-order valence-electron chi connectivity index (χ0n) is 14.5. The monoisotopic (exact) mass is 376 g/mol. The van der Waals surface area contributed by atoms with Crippen molar-refractivity contribution in [3.63, 3.8) is 0 Å². The zero-order chi connectivity index (χ0) is 20.1. The Morgan fingerprint density at radius 2 is 1.96 bits per heavy atom. The van der Waals surface area contributed by atoms with Gasteiger partial charge < -0.3 is 0 Å². The maximum atomic E-state index is 12.2. The fourth-order valence-corrected chi connectivity index (χ4v) is 3.05. The molecule has 0 saturated carbocycles. The normalized spacial score (nSPS) is 12.2. The minimum absolute atomic E-state index is 0.00126. The number of carbonyl (C=O) groups is 3. The average Bonchev–Trinajstić information content (AvgIpc) is 2.90. The van der Waals surface area contributed by atoms with E-state index in [2.05, 4.69) is 9.88 Å². The van der Waals surface area contributed by atoms with Gasteiger partial charge in [-0.15, -0.1) is 11.3 Å². The molecule has 0 amide bonds. The predicted molar refractivity (Wildman–Crippen MR) is 93.4 cm³/mol. The first-order valence-corrected chi connectivity index (χ1v) is 8.12. The molecular formula is C17H16N2O6S. The molecule has 1 heterocycles.